The second kappa shape index (κ2) is 8.36. The molecule has 0 radical (unpaired) electrons. The number of pyridine rings is 1. The van der Waals surface area contributed by atoms with E-state index in [1.807, 2.05) is 66.2 Å². The third-order valence-corrected chi connectivity index (χ3v) is 5.46. The van der Waals surface area contributed by atoms with E-state index >= 15 is 0 Å². The van der Waals surface area contributed by atoms with Crippen molar-refractivity contribution < 1.29 is 9.21 Å². The summed E-state index contributed by atoms with van der Waals surface area (Å²) >= 11 is 0. The molecule has 0 saturated heterocycles. The summed E-state index contributed by atoms with van der Waals surface area (Å²) in [5, 5.41) is 5.90. The number of oxazole rings is 1. The van der Waals surface area contributed by atoms with Gasteiger partial charge in [-0.05, 0) is 23.3 Å². The zero-order valence-electron chi connectivity index (χ0n) is 18.2. The normalized spacial score (nSPS) is 12.2. The Bertz CT molecular complexity index is 1460. The van der Waals surface area contributed by atoms with Crippen LogP contribution in [0.1, 0.15) is 17.3 Å². The molecule has 2 aromatic carbocycles. The van der Waals surface area contributed by atoms with E-state index < -0.39 is 6.17 Å². The highest BCUT2D eigenvalue weighted by atomic mass is 16.4. The predicted octanol–water partition coefficient (Wildman–Crippen LogP) is 3.13. The summed E-state index contributed by atoms with van der Waals surface area (Å²) in [6.45, 7) is 0. The molecule has 3 aromatic heterocycles. The molecule has 166 valence electrons. The Kier molecular flexibility index (Phi) is 5.23. The quantitative estimate of drug-likeness (QED) is 0.346. The first-order valence-corrected chi connectivity index (χ1v) is 10.5. The molecule has 1 atom stereocenters. The number of rotatable bonds is 6. The minimum atomic E-state index is -0.664. The van der Waals surface area contributed by atoms with Crippen LogP contribution in [0.25, 0.3) is 33.7 Å². The number of aromatic nitrogens is 4. The smallest absolute Gasteiger partial charge is 0.251 e. The standard InChI is InChI=1S/C24H23N7O2/c1-26-22-18-20(31(2)13-27-18)19-24(30-22)33-23(29-19)16-10-6-9-15(12-16)21(25)28-17(32)11-14-7-4-3-5-8-14/h3-10,12-13,21H,11,25H2,1-2H3,(H,26,30)(H,28,32)/t21-/m1/s1. The zero-order chi connectivity index (χ0) is 22.9. The molecule has 0 unspecified atom stereocenters. The molecule has 33 heavy (non-hydrogen) atoms. The molecular weight excluding hydrogens is 418 g/mol. The first kappa shape index (κ1) is 20.7. The van der Waals surface area contributed by atoms with Crippen LogP contribution in [0.15, 0.2) is 65.3 Å². The van der Waals surface area contributed by atoms with Gasteiger partial charge < -0.3 is 25.4 Å². The van der Waals surface area contributed by atoms with Gasteiger partial charge in [0.15, 0.2) is 11.3 Å². The number of amides is 1. The Balaban J connectivity index is 1.43. The van der Waals surface area contributed by atoms with Crippen molar-refractivity contribution in [2.75, 3.05) is 12.4 Å². The van der Waals surface area contributed by atoms with Crippen molar-refractivity contribution in [3.8, 4) is 11.5 Å². The molecular formula is C24H23N7O2. The molecule has 0 fully saturated rings. The molecule has 9 nitrogen and oxygen atoms in total. The summed E-state index contributed by atoms with van der Waals surface area (Å²) in [5.41, 5.74) is 11.3. The molecule has 4 N–H and O–H groups in total. The van der Waals surface area contributed by atoms with Crippen LogP contribution in [-0.2, 0) is 18.3 Å². The molecule has 0 saturated carbocycles. The molecule has 0 spiro atoms. The highest BCUT2D eigenvalue weighted by Crippen LogP contribution is 2.31. The SMILES string of the molecule is CNc1nc2oc(-c3cccc([C@H](N)NC(=O)Cc4ccccc4)c3)nc2c2c1ncn2C. The van der Waals surface area contributed by atoms with Crippen molar-refractivity contribution in [3.05, 3.63) is 72.1 Å². The summed E-state index contributed by atoms with van der Waals surface area (Å²) in [6.07, 6.45) is 1.32. The Labute approximate surface area is 189 Å². The van der Waals surface area contributed by atoms with Gasteiger partial charge in [-0.25, -0.2) is 9.97 Å². The summed E-state index contributed by atoms with van der Waals surface area (Å²) in [7, 11) is 3.69. The summed E-state index contributed by atoms with van der Waals surface area (Å²) in [6, 6.07) is 17.0. The molecule has 0 aliphatic rings. The lowest BCUT2D eigenvalue weighted by Crippen LogP contribution is -2.35. The molecule has 5 aromatic rings. The number of anilines is 1. The maximum atomic E-state index is 12.4. The monoisotopic (exact) mass is 441 g/mol. The molecule has 9 heteroatoms. The Morgan fingerprint density at radius 3 is 2.73 bits per heavy atom. The van der Waals surface area contributed by atoms with Gasteiger partial charge in [-0.2, -0.15) is 4.98 Å². The summed E-state index contributed by atoms with van der Waals surface area (Å²) in [4.78, 5) is 26.0. The van der Waals surface area contributed by atoms with Crippen LogP contribution in [0.3, 0.4) is 0 Å². The van der Waals surface area contributed by atoms with Crippen LogP contribution in [-0.4, -0.2) is 32.5 Å². The first-order valence-electron chi connectivity index (χ1n) is 10.5. The van der Waals surface area contributed by atoms with Crippen LogP contribution in [0.4, 0.5) is 5.82 Å². The van der Waals surface area contributed by atoms with Crippen LogP contribution in [0.2, 0.25) is 0 Å². The maximum absolute atomic E-state index is 12.4. The van der Waals surface area contributed by atoms with E-state index in [4.69, 9.17) is 15.1 Å². The van der Waals surface area contributed by atoms with Crippen LogP contribution < -0.4 is 16.4 Å². The fourth-order valence-electron chi connectivity index (χ4n) is 3.83. The highest BCUT2D eigenvalue weighted by Gasteiger charge is 2.19. The number of carbonyl (C=O) groups excluding carboxylic acids is 1. The van der Waals surface area contributed by atoms with E-state index in [2.05, 4.69) is 20.6 Å². The van der Waals surface area contributed by atoms with E-state index in [1.165, 1.54) is 0 Å². The molecule has 5 rings (SSSR count). The fourth-order valence-corrected chi connectivity index (χ4v) is 3.83. The average Bonchev–Trinajstić information content (AvgIpc) is 3.42. The third kappa shape index (κ3) is 3.90. The van der Waals surface area contributed by atoms with E-state index in [9.17, 15) is 4.79 Å². The first-order chi connectivity index (χ1) is 16.0. The van der Waals surface area contributed by atoms with Crippen molar-refractivity contribution in [1.82, 2.24) is 24.8 Å². The van der Waals surface area contributed by atoms with Gasteiger partial charge in [0, 0.05) is 19.7 Å². The van der Waals surface area contributed by atoms with Gasteiger partial charge in [-0.1, -0.05) is 42.5 Å². The van der Waals surface area contributed by atoms with Crippen molar-refractivity contribution in [2.24, 2.45) is 12.8 Å². The van der Waals surface area contributed by atoms with Gasteiger partial charge >= 0.3 is 0 Å². The lowest BCUT2D eigenvalue weighted by molar-refractivity contribution is -0.121. The van der Waals surface area contributed by atoms with E-state index in [0.29, 0.717) is 22.9 Å². The molecule has 1 amide bonds. The topological polar surface area (TPSA) is 124 Å². The summed E-state index contributed by atoms with van der Waals surface area (Å²) < 4.78 is 7.88. The molecule has 0 aliphatic heterocycles. The zero-order valence-corrected chi connectivity index (χ0v) is 18.2. The van der Waals surface area contributed by atoms with Gasteiger partial charge in [-0.3, -0.25) is 4.79 Å². The Morgan fingerprint density at radius 2 is 1.94 bits per heavy atom. The van der Waals surface area contributed by atoms with E-state index in [0.717, 1.165) is 27.7 Å². The van der Waals surface area contributed by atoms with Crippen LogP contribution in [0.5, 0.6) is 0 Å². The number of nitrogens with zero attached hydrogens (tertiary/aromatic N) is 4. The molecule has 0 aliphatic carbocycles. The summed E-state index contributed by atoms with van der Waals surface area (Å²) in [5.74, 6) is 0.888. The van der Waals surface area contributed by atoms with Crippen molar-refractivity contribution >= 4 is 34.0 Å². The number of hydrogen-bond donors (Lipinski definition) is 3. The van der Waals surface area contributed by atoms with E-state index in [-0.39, 0.29) is 12.3 Å². The van der Waals surface area contributed by atoms with Gasteiger partial charge in [0.1, 0.15) is 17.2 Å². The van der Waals surface area contributed by atoms with E-state index in [1.54, 1.807) is 13.4 Å². The number of aryl methyl sites for hydroxylation is 1. The second-order valence-electron chi connectivity index (χ2n) is 7.77. The minimum Gasteiger partial charge on any atom is -0.418 e. The van der Waals surface area contributed by atoms with Crippen molar-refractivity contribution in [2.45, 2.75) is 12.6 Å². The number of fused-ring (bicyclic) bond motifs is 3. The van der Waals surface area contributed by atoms with Gasteiger partial charge in [0.2, 0.25) is 11.8 Å². The van der Waals surface area contributed by atoms with Crippen molar-refractivity contribution in [3.63, 3.8) is 0 Å². The lowest BCUT2D eigenvalue weighted by atomic mass is 10.1. The Morgan fingerprint density at radius 1 is 1.12 bits per heavy atom. The largest absolute Gasteiger partial charge is 0.418 e. The number of benzene rings is 2. The van der Waals surface area contributed by atoms with Crippen LogP contribution in [0, 0.1) is 0 Å². The average molecular weight is 441 g/mol. The fraction of sp³-hybridized carbons (Fsp3) is 0.167. The predicted molar refractivity (Wildman–Crippen MR) is 126 cm³/mol. The van der Waals surface area contributed by atoms with Gasteiger partial charge in [0.25, 0.3) is 5.71 Å². The number of hydrogen-bond acceptors (Lipinski definition) is 7. The van der Waals surface area contributed by atoms with Crippen LogP contribution >= 0.6 is 0 Å². The third-order valence-electron chi connectivity index (χ3n) is 5.46. The van der Waals surface area contributed by atoms with Gasteiger partial charge in [0.05, 0.1) is 12.7 Å². The maximum Gasteiger partial charge on any atom is 0.251 e. The van der Waals surface area contributed by atoms with Crippen molar-refractivity contribution in [1.29, 1.82) is 0 Å². The lowest BCUT2D eigenvalue weighted by Gasteiger charge is -2.15. The second-order valence-corrected chi connectivity index (χ2v) is 7.77. The number of carbonyl (C=O) groups is 1. The van der Waals surface area contributed by atoms with Gasteiger partial charge in [-0.15, -0.1) is 0 Å². The highest BCUT2D eigenvalue weighted by molar-refractivity contribution is 6.03. The molecule has 3 heterocycles. The molecule has 0 bridgehead atoms. The number of imidazole rings is 1. The Hall–Kier alpha value is -4.24. The minimum absolute atomic E-state index is 0.150. The number of nitrogens with one attached hydrogen (secondary N) is 2. The number of nitrogens with two attached hydrogens (primary N) is 1.